The van der Waals surface area contributed by atoms with Crippen LogP contribution >= 0.6 is 23.4 Å². The molecule has 1 aliphatic heterocycles. The molecule has 1 N–H and O–H groups in total. The van der Waals surface area contributed by atoms with Crippen molar-refractivity contribution in [3.05, 3.63) is 47.5 Å². The van der Waals surface area contributed by atoms with E-state index in [1.807, 2.05) is 24.3 Å². The average molecular weight is 457 g/mol. The number of nitrogens with one attached hydrogen (secondary N) is 1. The van der Waals surface area contributed by atoms with Gasteiger partial charge in [0.2, 0.25) is 22.7 Å². The number of carbonyl (C=O) groups excluding carboxylic acids is 1. The van der Waals surface area contributed by atoms with E-state index in [9.17, 15) is 13.2 Å². The number of nitrogens with zero attached hydrogens (tertiary/aromatic N) is 1. The van der Waals surface area contributed by atoms with Crippen molar-refractivity contribution in [3.8, 4) is 11.5 Å². The molecular weight excluding hydrogens is 436 g/mol. The number of benzene rings is 2. The molecule has 7 nitrogen and oxygen atoms in total. The number of hydrogen-bond donors (Lipinski definition) is 1. The Morgan fingerprint density at radius 1 is 1.17 bits per heavy atom. The van der Waals surface area contributed by atoms with Crippen LogP contribution in [0.5, 0.6) is 11.5 Å². The first-order valence-corrected chi connectivity index (χ1v) is 12.1. The first-order chi connectivity index (χ1) is 13.8. The molecule has 2 aromatic rings. The monoisotopic (exact) mass is 456 g/mol. The smallest absolute Gasteiger partial charge is 0.240 e. The molecular formula is C19H21ClN2O5S2. The number of carbonyl (C=O) groups is 1. The first-order valence-electron chi connectivity index (χ1n) is 8.85. The van der Waals surface area contributed by atoms with Crippen LogP contribution in [0, 0.1) is 0 Å². The number of sulfonamides is 1. The molecule has 0 spiro atoms. The van der Waals surface area contributed by atoms with Crippen molar-refractivity contribution in [2.45, 2.75) is 11.3 Å². The highest BCUT2D eigenvalue weighted by Gasteiger charge is 2.23. The molecule has 3 rings (SSSR count). The lowest BCUT2D eigenvalue weighted by Gasteiger charge is -2.22. The Bertz CT molecular complexity index is 967. The predicted molar refractivity (Wildman–Crippen MR) is 115 cm³/mol. The fourth-order valence-electron chi connectivity index (χ4n) is 2.65. The summed E-state index contributed by atoms with van der Waals surface area (Å²) >= 11 is 7.52. The molecule has 1 heterocycles. The molecule has 1 aliphatic rings. The van der Waals surface area contributed by atoms with Gasteiger partial charge in [-0.25, -0.2) is 8.42 Å². The van der Waals surface area contributed by atoms with E-state index in [1.54, 1.807) is 30.0 Å². The van der Waals surface area contributed by atoms with E-state index in [2.05, 4.69) is 5.32 Å². The van der Waals surface area contributed by atoms with Crippen LogP contribution in [-0.4, -0.2) is 46.2 Å². The summed E-state index contributed by atoms with van der Waals surface area (Å²) in [6.07, 6.45) is 1.82. The molecule has 0 saturated carbocycles. The summed E-state index contributed by atoms with van der Waals surface area (Å²) in [5.41, 5.74) is 0.352. The number of anilines is 1. The van der Waals surface area contributed by atoms with Crippen molar-refractivity contribution in [2.75, 3.05) is 36.2 Å². The van der Waals surface area contributed by atoms with E-state index in [0.29, 0.717) is 28.8 Å². The first kappa shape index (κ1) is 21.6. The number of amides is 1. The van der Waals surface area contributed by atoms with Gasteiger partial charge in [0, 0.05) is 22.5 Å². The molecule has 0 radical (unpaired) electrons. The van der Waals surface area contributed by atoms with Gasteiger partial charge in [-0.1, -0.05) is 11.6 Å². The fourth-order valence-corrected chi connectivity index (χ4v) is 4.47. The summed E-state index contributed by atoms with van der Waals surface area (Å²) < 4.78 is 35.9. The van der Waals surface area contributed by atoms with E-state index in [1.165, 1.54) is 0 Å². The standard InChI is InChI=1S/C19H21ClN2O5S2/c1-29(24,25)22(15-5-8-17-18(11-15)27-13-26-17)12-19(23)21-9-2-10-28-16-6-3-14(20)4-7-16/h3-8,11H,2,9-10,12-13H2,1H3,(H,21,23). The summed E-state index contributed by atoms with van der Waals surface area (Å²) in [5.74, 6) is 1.45. The molecule has 2 aromatic carbocycles. The number of ether oxygens (including phenoxy) is 2. The van der Waals surface area contributed by atoms with Gasteiger partial charge >= 0.3 is 0 Å². The number of thioether (sulfide) groups is 1. The number of fused-ring (bicyclic) bond motifs is 1. The Morgan fingerprint density at radius 3 is 2.62 bits per heavy atom. The SMILES string of the molecule is CS(=O)(=O)N(CC(=O)NCCCSc1ccc(Cl)cc1)c1ccc2c(c1)OCO2. The van der Waals surface area contributed by atoms with Crippen molar-refractivity contribution in [1.82, 2.24) is 5.32 Å². The van der Waals surface area contributed by atoms with Crippen molar-refractivity contribution in [2.24, 2.45) is 0 Å². The van der Waals surface area contributed by atoms with E-state index in [0.717, 1.165) is 27.6 Å². The van der Waals surface area contributed by atoms with Gasteiger partial charge in [0.05, 0.1) is 11.9 Å². The highest BCUT2D eigenvalue weighted by atomic mass is 35.5. The number of rotatable bonds is 9. The quantitative estimate of drug-likeness (QED) is 0.461. The van der Waals surface area contributed by atoms with Gasteiger partial charge < -0.3 is 14.8 Å². The minimum absolute atomic E-state index is 0.0895. The largest absolute Gasteiger partial charge is 0.454 e. The highest BCUT2D eigenvalue weighted by Crippen LogP contribution is 2.36. The predicted octanol–water partition coefficient (Wildman–Crippen LogP) is 3.13. The zero-order valence-corrected chi connectivity index (χ0v) is 18.1. The van der Waals surface area contributed by atoms with Crippen LogP contribution in [0.1, 0.15) is 6.42 Å². The summed E-state index contributed by atoms with van der Waals surface area (Å²) in [6.45, 7) is 0.243. The Balaban J connectivity index is 1.49. The third kappa shape index (κ3) is 6.19. The molecule has 0 aliphatic carbocycles. The summed E-state index contributed by atoms with van der Waals surface area (Å²) in [6, 6.07) is 12.3. The minimum atomic E-state index is -3.64. The molecule has 156 valence electrons. The molecule has 0 saturated heterocycles. The lowest BCUT2D eigenvalue weighted by atomic mass is 10.3. The van der Waals surface area contributed by atoms with Crippen molar-refractivity contribution in [3.63, 3.8) is 0 Å². The normalized spacial score (nSPS) is 12.6. The third-order valence-corrected chi connectivity index (χ3v) is 6.55. The van der Waals surface area contributed by atoms with Gasteiger partial charge in [0.1, 0.15) is 6.54 Å². The second-order valence-corrected chi connectivity index (χ2v) is 9.82. The van der Waals surface area contributed by atoms with Gasteiger partial charge in [0.25, 0.3) is 0 Å². The average Bonchev–Trinajstić information content (AvgIpc) is 3.14. The van der Waals surface area contributed by atoms with Crippen LogP contribution in [-0.2, 0) is 14.8 Å². The van der Waals surface area contributed by atoms with Crippen LogP contribution in [0.4, 0.5) is 5.69 Å². The van der Waals surface area contributed by atoms with E-state index >= 15 is 0 Å². The van der Waals surface area contributed by atoms with Gasteiger partial charge in [-0.15, -0.1) is 11.8 Å². The number of halogens is 1. The van der Waals surface area contributed by atoms with Crippen LogP contribution in [0.15, 0.2) is 47.4 Å². The maximum atomic E-state index is 12.3. The van der Waals surface area contributed by atoms with Crippen LogP contribution in [0.3, 0.4) is 0 Å². The van der Waals surface area contributed by atoms with Crippen molar-refractivity contribution < 1.29 is 22.7 Å². The molecule has 29 heavy (non-hydrogen) atoms. The summed E-state index contributed by atoms with van der Waals surface area (Å²) in [7, 11) is -3.64. The molecule has 0 fully saturated rings. The fraction of sp³-hybridized carbons (Fsp3) is 0.316. The molecule has 0 bridgehead atoms. The molecule has 0 unspecified atom stereocenters. The highest BCUT2D eigenvalue weighted by molar-refractivity contribution is 7.99. The Kier molecular flexibility index (Phi) is 7.15. The van der Waals surface area contributed by atoms with Gasteiger partial charge in [-0.05, 0) is 48.6 Å². The zero-order valence-electron chi connectivity index (χ0n) is 15.8. The van der Waals surface area contributed by atoms with Gasteiger partial charge in [-0.3, -0.25) is 9.10 Å². The molecule has 1 amide bonds. The second-order valence-electron chi connectivity index (χ2n) is 6.31. The maximum Gasteiger partial charge on any atom is 0.240 e. The van der Waals surface area contributed by atoms with Gasteiger partial charge in [0.15, 0.2) is 11.5 Å². The van der Waals surface area contributed by atoms with Crippen molar-refractivity contribution >= 4 is 45.0 Å². The van der Waals surface area contributed by atoms with E-state index in [4.69, 9.17) is 21.1 Å². The van der Waals surface area contributed by atoms with Crippen LogP contribution < -0.4 is 19.1 Å². The second kappa shape index (κ2) is 9.60. The Hall–Kier alpha value is -2.10. The molecule has 0 aromatic heterocycles. The van der Waals surface area contributed by atoms with Crippen LogP contribution in [0.25, 0.3) is 0 Å². The van der Waals surface area contributed by atoms with E-state index in [-0.39, 0.29) is 19.2 Å². The number of hydrogen-bond acceptors (Lipinski definition) is 6. The lowest BCUT2D eigenvalue weighted by molar-refractivity contribution is -0.119. The minimum Gasteiger partial charge on any atom is -0.454 e. The molecule has 0 atom stereocenters. The Morgan fingerprint density at radius 2 is 1.90 bits per heavy atom. The summed E-state index contributed by atoms with van der Waals surface area (Å²) in [5, 5.41) is 3.46. The molecule has 10 heteroatoms. The van der Waals surface area contributed by atoms with Gasteiger partial charge in [-0.2, -0.15) is 0 Å². The summed E-state index contributed by atoms with van der Waals surface area (Å²) in [4.78, 5) is 13.4. The van der Waals surface area contributed by atoms with Crippen LogP contribution in [0.2, 0.25) is 5.02 Å². The Labute approximate surface area is 179 Å². The van der Waals surface area contributed by atoms with E-state index < -0.39 is 10.0 Å². The topological polar surface area (TPSA) is 84.9 Å². The maximum absolute atomic E-state index is 12.3. The lowest BCUT2D eigenvalue weighted by Crippen LogP contribution is -2.40. The van der Waals surface area contributed by atoms with Crippen molar-refractivity contribution in [1.29, 1.82) is 0 Å². The zero-order chi connectivity index (χ0) is 20.9. The third-order valence-electron chi connectivity index (χ3n) is 4.06.